The fourth-order valence-electron chi connectivity index (χ4n) is 2.80. The number of hydrogen-bond donors (Lipinski definition) is 0. The van der Waals surface area contributed by atoms with Gasteiger partial charge in [-0.3, -0.25) is 9.58 Å². The van der Waals surface area contributed by atoms with E-state index >= 15 is 0 Å². The van der Waals surface area contributed by atoms with Crippen molar-refractivity contribution in [1.82, 2.24) is 19.0 Å². The molecule has 2 aromatic rings. The fraction of sp³-hybridized carbons (Fsp3) is 0.438. The van der Waals surface area contributed by atoms with Gasteiger partial charge in [0, 0.05) is 51.5 Å². The molecule has 1 fully saturated rings. The van der Waals surface area contributed by atoms with Crippen LogP contribution in [-0.2, 0) is 23.6 Å². The zero-order valence-electron chi connectivity index (χ0n) is 13.5. The number of nitrogens with zero attached hydrogens (tertiary/aromatic N) is 4. The Morgan fingerprint density at radius 1 is 1.09 bits per heavy atom. The summed E-state index contributed by atoms with van der Waals surface area (Å²) in [5.41, 5.74) is 2.22. The van der Waals surface area contributed by atoms with E-state index in [4.69, 9.17) is 0 Å². The van der Waals surface area contributed by atoms with Gasteiger partial charge in [-0.25, -0.2) is 8.42 Å². The maximum absolute atomic E-state index is 12.7. The highest BCUT2D eigenvalue weighted by atomic mass is 32.2. The predicted octanol–water partition coefficient (Wildman–Crippen LogP) is 1.24. The van der Waals surface area contributed by atoms with E-state index in [1.54, 1.807) is 21.1 Å². The minimum Gasteiger partial charge on any atom is -0.296 e. The Morgan fingerprint density at radius 2 is 1.74 bits per heavy atom. The summed E-state index contributed by atoms with van der Waals surface area (Å²) >= 11 is 0. The van der Waals surface area contributed by atoms with Crippen molar-refractivity contribution in [2.75, 3.05) is 26.2 Å². The topological polar surface area (TPSA) is 58.4 Å². The van der Waals surface area contributed by atoms with E-state index in [-0.39, 0.29) is 0 Å². The predicted molar refractivity (Wildman–Crippen MR) is 88.4 cm³/mol. The van der Waals surface area contributed by atoms with Crippen molar-refractivity contribution < 1.29 is 8.42 Å². The highest BCUT2D eigenvalue weighted by Crippen LogP contribution is 2.18. The molecule has 1 aliphatic rings. The molecule has 0 radical (unpaired) electrons. The highest BCUT2D eigenvalue weighted by molar-refractivity contribution is 7.89. The van der Waals surface area contributed by atoms with Crippen LogP contribution in [-0.4, -0.2) is 53.6 Å². The number of aryl methyl sites for hydroxylation is 2. The van der Waals surface area contributed by atoms with Crippen molar-refractivity contribution in [2.24, 2.45) is 7.05 Å². The quantitative estimate of drug-likeness (QED) is 0.844. The molecule has 124 valence electrons. The lowest BCUT2D eigenvalue weighted by atomic mass is 10.2. The molecule has 7 heteroatoms. The molecule has 0 amide bonds. The van der Waals surface area contributed by atoms with Gasteiger partial charge in [0.05, 0.1) is 11.1 Å². The van der Waals surface area contributed by atoms with Gasteiger partial charge >= 0.3 is 0 Å². The third-order valence-electron chi connectivity index (χ3n) is 4.15. The van der Waals surface area contributed by atoms with Crippen LogP contribution in [0.15, 0.2) is 41.6 Å². The fourth-order valence-corrected chi connectivity index (χ4v) is 4.22. The molecule has 1 aliphatic heterocycles. The summed E-state index contributed by atoms with van der Waals surface area (Å²) in [5, 5.41) is 4.17. The first-order chi connectivity index (χ1) is 10.9. The third-order valence-corrected chi connectivity index (χ3v) is 6.07. The van der Waals surface area contributed by atoms with E-state index in [1.165, 1.54) is 0 Å². The lowest BCUT2D eigenvalue weighted by Crippen LogP contribution is -2.48. The van der Waals surface area contributed by atoms with E-state index in [1.807, 2.05) is 38.5 Å². The second-order valence-electron chi connectivity index (χ2n) is 6.02. The summed E-state index contributed by atoms with van der Waals surface area (Å²) in [5.74, 6) is 0. The minimum atomic E-state index is -3.38. The zero-order chi connectivity index (χ0) is 16.4. The van der Waals surface area contributed by atoms with Crippen molar-refractivity contribution in [2.45, 2.75) is 18.4 Å². The van der Waals surface area contributed by atoms with Gasteiger partial charge < -0.3 is 0 Å². The van der Waals surface area contributed by atoms with Crippen molar-refractivity contribution in [3.63, 3.8) is 0 Å². The molecule has 1 aromatic carbocycles. The number of rotatable bonds is 4. The summed E-state index contributed by atoms with van der Waals surface area (Å²) in [6.45, 7) is 5.28. The molecule has 0 saturated carbocycles. The number of sulfonamides is 1. The smallest absolute Gasteiger partial charge is 0.243 e. The second-order valence-corrected chi connectivity index (χ2v) is 7.95. The van der Waals surface area contributed by atoms with Crippen LogP contribution in [0.3, 0.4) is 0 Å². The molecule has 6 nitrogen and oxygen atoms in total. The average molecular weight is 334 g/mol. The Balaban J connectivity index is 1.62. The van der Waals surface area contributed by atoms with Gasteiger partial charge in [-0.15, -0.1) is 0 Å². The minimum absolute atomic E-state index is 0.379. The first kappa shape index (κ1) is 16.2. The van der Waals surface area contributed by atoms with Crippen molar-refractivity contribution >= 4 is 10.0 Å². The number of benzene rings is 1. The van der Waals surface area contributed by atoms with Crippen molar-refractivity contribution in [1.29, 1.82) is 0 Å². The Hall–Kier alpha value is -1.70. The van der Waals surface area contributed by atoms with Gasteiger partial charge in [-0.2, -0.15) is 9.40 Å². The molecule has 3 rings (SSSR count). The lowest BCUT2D eigenvalue weighted by Gasteiger charge is -2.33. The Labute approximate surface area is 137 Å². The summed E-state index contributed by atoms with van der Waals surface area (Å²) < 4.78 is 28.7. The lowest BCUT2D eigenvalue weighted by molar-refractivity contribution is 0.181. The van der Waals surface area contributed by atoms with Crippen LogP contribution in [0.2, 0.25) is 0 Å². The average Bonchev–Trinajstić information content (AvgIpc) is 2.93. The first-order valence-electron chi connectivity index (χ1n) is 7.72. The molecule has 0 bridgehead atoms. The van der Waals surface area contributed by atoms with Gasteiger partial charge in [-0.05, 0) is 19.1 Å². The molecule has 0 unspecified atom stereocenters. The molecule has 1 aromatic heterocycles. The van der Waals surface area contributed by atoms with Gasteiger partial charge in [0.15, 0.2) is 0 Å². The molecule has 2 heterocycles. The van der Waals surface area contributed by atoms with E-state index < -0.39 is 10.0 Å². The van der Waals surface area contributed by atoms with Crippen molar-refractivity contribution in [3.8, 4) is 0 Å². The molecule has 1 saturated heterocycles. The summed E-state index contributed by atoms with van der Waals surface area (Å²) in [6, 6.07) is 7.05. The van der Waals surface area contributed by atoms with Crippen LogP contribution in [0.4, 0.5) is 0 Å². The van der Waals surface area contributed by atoms with Crippen LogP contribution in [0.25, 0.3) is 0 Å². The SMILES string of the molecule is Cc1ccc(S(=O)(=O)N2CCN(Cc3cnn(C)c3)CC2)cc1. The molecule has 0 aliphatic carbocycles. The normalized spacial score (nSPS) is 17.5. The van der Waals surface area contributed by atoms with E-state index in [0.29, 0.717) is 18.0 Å². The maximum Gasteiger partial charge on any atom is 0.243 e. The van der Waals surface area contributed by atoms with Gasteiger partial charge in [0.2, 0.25) is 10.0 Å². The molecule has 0 spiro atoms. The molecular formula is C16H22N4O2S. The molecule has 23 heavy (non-hydrogen) atoms. The van der Waals surface area contributed by atoms with Crippen LogP contribution in [0.5, 0.6) is 0 Å². The van der Waals surface area contributed by atoms with Gasteiger partial charge in [0.1, 0.15) is 0 Å². The standard InChI is InChI=1S/C16H22N4O2S/c1-14-3-5-16(6-4-14)23(21,22)20-9-7-19(8-10-20)13-15-11-17-18(2)12-15/h3-6,11-12H,7-10,13H2,1-2H3. The monoisotopic (exact) mass is 334 g/mol. The summed E-state index contributed by atoms with van der Waals surface area (Å²) in [6.07, 6.45) is 3.85. The largest absolute Gasteiger partial charge is 0.296 e. The van der Waals surface area contributed by atoms with E-state index in [0.717, 1.165) is 30.8 Å². The Bertz CT molecular complexity index is 760. The van der Waals surface area contributed by atoms with E-state index in [9.17, 15) is 8.42 Å². The van der Waals surface area contributed by atoms with Gasteiger partial charge in [0.25, 0.3) is 0 Å². The van der Waals surface area contributed by atoms with Crippen LogP contribution < -0.4 is 0 Å². The van der Waals surface area contributed by atoms with E-state index in [2.05, 4.69) is 10.00 Å². The van der Waals surface area contributed by atoms with Crippen LogP contribution in [0, 0.1) is 6.92 Å². The Morgan fingerprint density at radius 3 is 2.30 bits per heavy atom. The summed E-state index contributed by atoms with van der Waals surface area (Å²) in [7, 11) is -1.48. The Kier molecular flexibility index (Phi) is 4.52. The third kappa shape index (κ3) is 3.63. The first-order valence-corrected chi connectivity index (χ1v) is 9.16. The molecule has 0 atom stereocenters. The highest BCUT2D eigenvalue weighted by Gasteiger charge is 2.28. The van der Waals surface area contributed by atoms with Gasteiger partial charge in [-0.1, -0.05) is 17.7 Å². The van der Waals surface area contributed by atoms with Crippen molar-refractivity contribution in [3.05, 3.63) is 47.8 Å². The summed E-state index contributed by atoms with van der Waals surface area (Å²) in [4.78, 5) is 2.64. The number of aromatic nitrogens is 2. The number of piperazine rings is 1. The number of hydrogen-bond acceptors (Lipinski definition) is 4. The maximum atomic E-state index is 12.7. The second kappa shape index (κ2) is 6.43. The van der Waals surface area contributed by atoms with Crippen LogP contribution in [0.1, 0.15) is 11.1 Å². The molecular weight excluding hydrogens is 312 g/mol. The molecule has 0 N–H and O–H groups in total. The van der Waals surface area contributed by atoms with Crippen LogP contribution >= 0.6 is 0 Å². The zero-order valence-corrected chi connectivity index (χ0v) is 14.3.